The van der Waals surface area contributed by atoms with Crippen LogP contribution in [0.3, 0.4) is 0 Å². The van der Waals surface area contributed by atoms with Gasteiger partial charge in [0.25, 0.3) is 5.91 Å². The van der Waals surface area contributed by atoms with E-state index in [0.717, 1.165) is 12.8 Å². The molecule has 1 aromatic heterocycles. The monoisotopic (exact) mass is 238 g/mol. The first kappa shape index (κ1) is 11.9. The molecule has 0 aliphatic carbocycles. The van der Waals surface area contributed by atoms with Gasteiger partial charge in [0.05, 0.1) is 30.6 Å². The fraction of sp³-hybridized carbons (Fsp3) is 0.636. The Bertz CT molecular complexity index is 415. The van der Waals surface area contributed by atoms with Crippen LogP contribution in [0.5, 0.6) is 0 Å². The molecule has 2 rings (SSSR count). The Morgan fingerprint density at radius 3 is 2.76 bits per heavy atom. The van der Waals surface area contributed by atoms with Crippen molar-refractivity contribution in [1.82, 2.24) is 14.7 Å². The summed E-state index contributed by atoms with van der Waals surface area (Å²) >= 11 is 0. The molecule has 0 saturated carbocycles. The minimum Gasteiger partial charge on any atom is -0.396 e. The number of carbonyl (C=O) groups is 1. The van der Waals surface area contributed by atoms with Crippen LogP contribution >= 0.6 is 0 Å². The van der Waals surface area contributed by atoms with E-state index in [4.69, 9.17) is 5.73 Å². The summed E-state index contributed by atoms with van der Waals surface area (Å²) in [4.78, 5) is 13.7. The SMILES string of the molecule is CCCC1(O)CN(C(=O)c2c(N)cnn2C)C1. The quantitative estimate of drug-likeness (QED) is 0.775. The maximum Gasteiger partial charge on any atom is 0.274 e. The van der Waals surface area contributed by atoms with Gasteiger partial charge in [-0.1, -0.05) is 13.3 Å². The van der Waals surface area contributed by atoms with E-state index >= 15 is 0 Å². The summed E-state index contributed by atoms with van der Waals surface area (Å²) in [5.41, 5.74) is 5.75. The molecule has 0 atom stereocenters. The summed E-state index contributed by atoms with van der Waals surface area (Å²) in [5.74, 6) is -0.164. The predicted octanol–water partition coefficient (Wildman–Crippen LogP) is -0.0107. The van der Waals surface area contributed by atoms with Gasteiger partial charge >= 0.3 is 0 Å². The minimum atomic E-state index is -0.711. The molecule has 0 radical (unpaired) electrons. The number of nitrogens with two attached hydrogens (primary N) is 1. The molecule has 2 heterocycles. The maximum atomic E-state index is 12.1. The van der Waals surface area contributed by atoms with E-state index in [9.17, 15) is 9.90 Å². The third-order valence-electron chi connectivity index (χ3n) is 3.14. The van der Waals surface area contributed by atoms with Crippen molar-refractivity contribution in [3.63, 3.8) is 0 Å². The van der Waals surface area contributed by atoms with Crippen LogP contribution in [-0.4, -0.2) is 44.4 Å². The van der Waals surface area contributed by atoms with Gasteiger partial charge in [-0.2, -0.15) is 5.10 Å². The van der Waals surface area contributed by atoms with Crippen molar-refractivity contribution in [3.05, 3.63) is 11.9 Å². The molecule has 17 heavy (non-hydrogen) atoms. The summed E-state index contributed by atoms with van der Waals surface area (Å²) in [6.07, 6.45) is 3.09. The maximum absolute atomic E-state index is 12.1. The number of hydrogen-bond donors (Lipinski definition) is 2. The van der Waals surface area contributed by atoms with E-state index in [-0.39, 0.29) is 5.91 Å². The fourth-order valence-corrected chi connectivity index (χ4v) is 2.30. The van der Waals surface area contributed by atoms with Gasteiger partial charge in [-0.25, -0.2) is 0 Å². The van der Waals surface area contributed by atoms with E-state index < -0.39 is 5.60 Å². The van der Waals surface area contributed by atoms with Gasteiger partial charge in [0, 0.05) is 7.05 Å². The van der Waals surface area contributed by atoms with Gasteiger partial charge in [0.1, 0.15) is 5.69 Å². The zero-order chi connectivity index (χ0) is 12.6. The second kappa shape index (κ2) is 4.03. The zero-order valence-corrected chi connectivity index (χ0v) is 10.2. The van der Waals surface area contributed by atoms with Crippen LogP contribution in [0.15, 0.2) is 6.20 Å². The highest BCUT2D eigenvalue weighted by Gasteiger charge is 2.43. The lowest BCUT2D eigenvalue weighted by molar-refractivity contribution is -0.0862. The van der Waals surface area contributed by atoms with Crippen LogP contribution in [0, 0.1) is 0 Å². The molecule has 3 N–H and O–H groups in total. The smallest absolute Gasteiger partial charge is 0.274 e. The molecule has 6 nitrogen and oxygen atoms in total. The van der Waals surface area contributed by atoms with Crippen molar-refractivity contribution >= 4 is 11.6 Å². The molecule has 0 unspecified atom stereocenters. The molecule has 0 bridgehead atoms. The molecular weight excluding hydrogens is 220 g/mol. The van der Waals surface area contributed by atoms with E-state index in [1.54, 1.807) is 11.9 Å². The Balaban J connectivity index is 2.05. The highest BCUT2D eigenvalue weighted by Crippen LogP contribution is 2.28. The number of anilines is 1. The Labute approximate surface area is 100 Å². The van der Waals surface area contributed by atoms with Crippen molar-refractivity contribution in [2.45, 2.75) is 25.4 Å². The second-order valence-electron chi connectivity index (χ2n) is 4.71. The number of nitrogens with zero attached hydrogens (tertiary/aromatic N) is 3. The van der Waals surface area contributed by atoms with E-state index in [1.807, 2.05) is 6.92 Å². The zero-order valence-electron chi connectivity index (χ0n) is 10.2. The van der Waals surface area contributed by atoms with Crippen LogP contribution in [0.2, 0.25) is 0 Å². The first-order valence-electron chi connectivity index (χ1n) is 5.76. The molecule has 1 aliphatic rings. The van der Waals surface area contributed by atoms with E-state index in [0.29, 0.717) is 24.5 Å². The number of amides is 1. The molecule has 0 spiro atoms. The average Bonchev–Trinajstić information content (AvgIpc) is 2.54. The predicted molar refractivity (Wildman–Crippen MR) is 63.4 cm³/mol. The third kappa shape index (κ3) is 2.00. The molecule has 0 aromatic carbocycles. The molecule has 6 heteroatoms. The Morgan fingerprint density at radius 2 is 2.29 bits per heavy atom. The van der Waals surface area contributed by atoms with Crippen molar-refractivity contribution in [3.8, 4) is 0 Å². The van der Waals surface area contributed by atoms with Crippen LogP contribution in [0.4, 0.5) is 5.69 Å². The molecule has 1 aliphatic heterocycles. The topological polar surface area (TPSA) is 84.4 Å². The number of aliphatic hydroxyl groups is 1. The van der Waals surface area contributed by atoms with Crippen molar-refractivity contribution in [1.29, 1.82) is 0 Å². The van der Waals surface area contributed by atoms with Gasteiger partial charge in [0.15, 0.2) is 0 Å². The van der Waals surface area contributed by atoms with Crippen LogP contribution in [0.25, 0.3) is 0 Å². The summed E-state index contributed by atoms with van der Waals surface area (Å²) in [5, 5.41) is 14.0. The molecule has 1 fully saturated rings. The lowest BCUT2D eigenvalue weighted by Crippen LogP contribution is -2.63. The summed E-state index contributed by atoms with van der Waals surface area (Å²) < 4.78 is 1.47. The highest BCUT2D eigenvalue weighted by molar-refractivity contribution is 5.97. The van der Waals surface area contributed by atoms with Crippen molar-refractivity contribution in [2.24, 2.45) is 7.05 Å². The van der Waals surface area contributed by atoms with Crippen LogP contribution < -0.4 is 5.73 Å². The minimum absolute atomic E-state index is 0.164. The normalized spacial score (nSPS) is 17.9. The first-order valence-corrected chi connectivity index (χ1v) is 5.76. The number of carbonyl (C=O) groups excluding carboxylic acids is 1. The Hall–Kier alpha value is -1.56. The standard InChI is InChI=1S/C11H18N4O2/c1-3-4-11(17)6-15(7-11)10(16)9-8(12)5-13-14(9)2/h5,17H,3-4,6-7,12H2,1-2H3. The Morgan fingerprint density at radius 1 is 1.65 bits per heavy atom. The number of aromatic nitrogens is 2. The van der Waals surface area contributed by atoms with Gasteiger partial charge < -0.3 is 15.7 Å². The van der Waals surface area contributed by atoms with Crippen molar-refractivity contribution in [2.75, 3.05) is 18.8 Å². The number of likely N-dealkylation sites (tertiary alicyclic amines) is 1. The van der Waals surface area contributed by atoms with Gasteiger partial charge in [-0.15, -0.1) is 0 Å². The van der Waals surface area contributed by atoms with Crippen LogP contribution in [0.1, 0.15) is 30.3 Å². The van der Waals surface area contributed by atoms with Crippen molar-refractivity contribution < 1.29 is 9.90 Å². The van der Waals surface area contributed by atoms with Crippen LogP contribution in [-0.2, 0) is 7.05 Å². The Kier molecular flexibility index (Phi) is 2.82. The molecule has 1 amide bonds. The summed E-state index contributed by atoms with van der Waals surface area (Å²) in [6, 6.07) is 0. The number of β-amino-alcohol motifs (C(OH)–C–C–N with tert-alkyl or cyclic N) is 1. The largest absolute Gasteiger partial charge is 0.396 e. The molecule has 1 saturated heterocycles. The lowest BCUT2D eigenvalue weighted by atomic mass is 9.89. The first-order chi connectivity index (χ1) is 7.97. The number of nitrogen functional groups attached to an aromatic ring is 1. The fourth-order valence-electron chi connectivity index (χ4n) is 2.30. The lowest BCUT2D eigenvalue weighted by Gasteiger charge is -2.46. The van der Waals surface area contributed by atoms with Gasteiger partial charge in [0.2, 0.25) is 0 Å². The van der Waals surface area contributed by atoms with E-state index in [2.05, 4.69) is 5.10 Å². The van der Waals surface area contributed by atoms with Gasteiger partial charge in [-0.05, 0) is 6.42 Å². The van der Waals surface area contributed by atoms with Gasteiger partial charge in [-0.3, -0.25) is 9.48 Å². The number of rotatable bonds is 3. The third-order valence-corrected chi connectivity index (χ3v) is 3.14. The molecule has 94 valence electrons. The molecular formula is C11H18N4O2. The van der Waals surface area contributed by atoms with E-state index in [1.165, 1.54) is 10.9 Å². The summed E-state index contributed by atoms with van der Waals surface area (Å²) in [7, 11) is 1.68. The number of aryl methyl sites for hydroxylation is 1. The second-order valence-corrected chi connectivity index (χ2v) is 4.71. The number of hydrogen-bond acceptors (Lipinski definition) is 4. The molecule has 1 aromatic rings. The summed E-state index contributed by atoms with van der Waals surface area (Å²) in [6.45, 7) is 2.77. The highest BCUT2D eigenvalue weighted by atomic mass is 16.3. The average molecular weight is 238 g/mol.